The summed E-state index contributed by atoms with van der Waals surface area (Å²) >= 11 is 5.45. The molecule has 110 valence electrons. The Balaban J connectivity index is 1.73. The van der Waals surface area contributed by atoms with Crippen molar-refractivity contribution in [2.75, 3.05) is 19.7 Å². The van der Waals surface area contributed by atoms with Crippen LogP contribution < -0.4 is 10.1 Å². The molecule has 0 saturated carbocycles. The summed E-state index contributed by atoms with van der Waals surface area (Å²) in [4.78, 5) is 15.3. The van der Waals surface area contributed by atoms with Gasteiger partial charge >= 0.3 is 0 Å². The number of piperidine rings is 1. The molecule has 0 aromatic carbocycles. The third-order valence-electron chi connectivity index (χ3n) is 3.74. The number of pyridine rings is 1. The Labute approximate surface area is 124 Å². The quantitative estimate of drug-likeness (QED) is 0.648. The number of halogens is 1. The molecule has 0 aliphatic carbocycles. The van der Waals surface area contributed by atoms with Gasteiger partial charge in [-0.3, -0.25) is 4.79 Å². The van der Waals surface area contributed by atoms with Gasteiger partial charge < -0.3 is 10.1 Å². The molecule has 1 aromatic heterocycles. The second kappa shape index (κ2) is 7.60. The van der Waals surface area contributed by atoms with Crippen LogP contribution in [0.2, 0.25) is 0 Å². The first kappa shape index (κ1) is 15.3. The number of carbonyl (C=O) groups is 1. The van der Waals surface area contributed by atoms with Crippen molar-refractivity contribution in [1.29, 1.82) is 0 Å². The summed E-state index contributed by atoms with van der Waals surface area (Å²) < 4.78 is 5.63. The van der Waals surface area contributed by atoms with Gasteiger partial charge in [0.15, 0.2) is 0 Å². The number of aryl methyl sites for hydroxylation is 1. The Kier molecular flexibility index (Phi) is 5.80. The van der Waals surface area contributed by atoms with Crippen molar-refractivity contribution in [3.8, 4) is 5.88 Å². The monoisotopic (exact) mass is 296 g/mol. The zero-order valence-electron chi connectivity index (χ0n) is 11.8. The fraction of sp³-hybridized carbons (Fsp3) is 0.600. The van der Waals surface area contributed by atoms with E-state index in [2.05, 4.69) is 10.3 Å². The standard InChI is InChI=1S/C15H21ClN2O2/c1-11-13(15(16)19)4-5-14(18-11)20-10-2-3-12-6-8-17-9-7-12/h4-5,12,17H,2-3,6-10H2,1H3. The largest absolute Gasteiger partial charge is 0.478 e. The van der Waals surface area contributed by atoms with Crippen molar-refractivity contribution in [1.82, 2.24) is 10.3 Å². The summed E-state index contributed by atoms with van der Waals surface area (Å²) in [7, 11) is 0. The highest BCUT2D eigenvalue weighted by molar-refractivity contribution is 6.67. The predicted molar refractivity (Wildman–Crippen MR) is 79.5 cm³/mol. The minimum Gasteiger partial charge on any atom is -0.478 e. The Morgan fingerprint density at radius 3 is 2.85 bits per heavy atom. The lowest BCUT2D eigenvalue weighted by molar-refractivity contribution is 0.108. The van der Waals surface area contributed by atoms with E-state index in [0.29, 0.717) is 23.7 Å². The van der Waals surface area contributed by atoms with E-state index in [4.69, 9.17) is 16.3 Å². The van der Waals surface area contributed by atoms with Crippen molar-refractivity contribution in [3.63, 3.8) is 0 Å². The number of ether oxygens (including phenoxy) is 1. The van der Waals surface area contributed by atoms with E-state index in [0.717, 1.165) is 25.4 Å². The highest BCUT2D eigenvalue weighted by Crippen LogP contribution is 2.18. The predicted octanol–water partition coefficient (Wildman–Crippen LogP) is 2.93. The number of rotatable bonds is 6. The lowest BCUT2D eigenvalue weighted by Gasteiger charge is -2.22. The zero-order valence-corrected chi connectivity index (χ0v) is 12.6. The van der Waals surface area contributed by atoms with E-state index in [-0.39, 0.29) is 0 Å². The number of hydrogen-bond acceptors (Lipinski definition) is 4. The van der Waals surface area contributed by atoms with Crippen LogP contribution in [0.15, 0.2) is 12.1 Å². The molecule has 1 aromatic rings. The molecule has 1 aliphatic heterocycles. The number of carbonyl (C=O) groups excluding carboxylic acids is 1. The van der Waals surface area contributed by atoms with Crippen LogP contribution in [-0.2, 0) is 0 Å². The molecular weight excluding hydrogens is 276 g/mol. The van der Waals surface area contributed by atoms with Gasteiger partial charge in [-0.25, -0.2) is 4.98 Å². The van der Waals surface area contributed by atoms with Gasteiger partial charge in [-0.1, -0.05) is 0 Å². The van der Waals surface area contributed by atoms with Gasteiger partial charge in [0.25, 0.3) is 5.24 Å². The lowest BCUT2D eigenvalue weighted by atomic mass is 9.93. The van der Waals surface area contributed by atoms with Crippen LogP contribution in [0.1, 0.15) is 41.7 Å². The molecule has 0 radical (unpaired) electrons. The summed E-state index contributed by atoms with van der Waals surface area (Å²) in [6.07, 6.45) is 4.79. The molecule has 4 nitrogen and oxygen atoms in total. The smallest absolute Gasteiger partial charge is 0.254 e. The molecule has 0 spiro atoms. The molecule has 2 rings (SSSR count). The van der Waals surface area contributed by atoms with Crippen LogP contribution in [0, 0.1) is 12.8 Å². The molecule has 20 heavy (non-hydrogen) atoms. The van der Waals surface area contributed by atoms with Crippen LogP contribution in [0.5, 0.6) is 5.88 Å². The molecule has 0 atom stereocenters. The Morgan fingerprint density at radius 2 is 2.20 bits per heavy atom. The minimum atomic E-state index is -0.479. The highest BCUT2D eigenvalue weighted by Gasteiger charge is 2.12. The van der Waals surface area contributed by atoms with Gasteiger partial charge in [0.05, 0.1) is 17.9 Å². The summed E-state index contributed by atoms with van der Waals surface area (Å²) in [6, 6.07) is 3.37. The third-order valence-corrected chi connectivity index (χ3v) is 3.94. The Morgan fingerprint density at radius 1 is 1.45 bits per heavy atom. The van der Waals surface area contributed by atoms with Crippen molar-refractivity contribution in [2.24, 2.45) is 5.92 Å². The molecule has 5 heteroatoms. The summed E-state index contributed by atoms with van der Waals surface area (Å²) in [5.74, 6) is 1.39. The van der Waals surface area contributed by atoms with Gasteiger partial charge in [-0.05, 0) is 69.3 Å². The van der Waals surface area contributed by atoms with Crippen LogP contribution in [0.25, 0.3) is 0 Å². The van der Waals surface area contributed by atoms with Crippen LogP contribution in [0.4, 0.5) is 0 Å². The molecule has 1 saturated heterocycles. The number of aromatic nitrogens is 1. The van der Waals surface area contributed by atoms with Crippen molar-refractivity contribution >= 4 is 16.8 Å². The van der Waals surface area contributed by atoms with E-state index in [1.165, 1.54) is 19.3 Å². The first-order valence-electron chi connectivity index (χ1n) is 7.18. The van der Waals surface area contributed by atoms with Crippen molar-refractivity contribution in [2.45, 2.75) is 32.6 Å². The Bertz CT molecular complexity index is 459. The van der Waals surface area contributed by atoms with E-state index < -0.39 is 5.24 Å². The molecule has 0 unspecified atom stereocenters. The number of nitrogens with zero attached hydrogens (tertiary/aromatic N) is 1. The maximum Gasteiger partial charge on any atom is 0.254 e. The van der Waals surface area contributed by atoms with Gasteiger partial charge in [-0.15, -0.1) is 0 Å². The van der Waals surface area contributed by atoms with Crippen LogP contribution in [-0.4, -0.2) is 29.9 Å². The lowest BCUT2D eigenvalue weighted by Crippen LogP contribution is -2.27. The van der Waals surface area contributed by atoms with Crippen LogP contribution in [0.3, 0.4) is 0 Å². The molecule has 2 heterocycles. The van der Waals surface area contributed by atoms with Crippen LogP contribution >= 0.6 is 11.6 Å². The minimum absolute atomic E-state index is 0.439. The molecule has 0 bridgehead atoms. The summed E-state index contributed by atoms with van der Waals surface area (Å²) in [6.45, 7) is 4.71. The molecule has 1 N–H and O–H groups in total. The van der Waals surface area contributed by atoms with Gasteiger partial charge in [0.1, 0.15) is 0 Å². The fourth-order valence-electron chi connectivity index (χ4n) is 2.55. The molecule has 0 amide bonds. The number of nitrogens with one attached hydrogen (secondary N) is 1. The molecular formula is C15H21ClN2O2. The zero-order chi connectivity index (χ0) is 14.4. The molecule has 1 aliphatic rings. The second-order valence-corrected chi connectivity index (χ2v) is 5.58. The van der Waals surface area contributed by atoms with E-state index >= 15 is 0 Å². The topological polar surface area (TPSA) is 51.2 Å². The van der Waals surface area contributed by atoms with Gasteiger partial charge in [-0.2, -0.15) is 0 Å². The van der Waals surface area contributed by atoms with Gasteiger partial charge in [0, 0.05) is 6.07 Å². The molecule has 1 fully saturated rings. The average molecular weight is 297 g/mol. The van der Waals surface area contributed by atoms with E-state index in [1.807, 2.05) is 0 Å². The summed E-state index contributed by atoms with van der Waals surface area (Å²) in [5.41, 5.74) is 1.05. The highest BCUT2D eigenvalue weighted by atomic mass is 35.5. The maximum atomic E-state index is 11.1. The second-order valence-electron chi connectivity index (χ2n) is 5.24. The Hall–Kier alpha value is -1.13. The van der Waals surface area contributed by atoms with E-state index in [9.17, 15) is 4.79 Å². The normalized spacial score (nSPS) is 16.1. The third kappa shape index (κ3) is 4.46. The SMILES string of the molecule is Cc1nc(OCCCC2CCNCC2)ccc1C(=O)Cl. The van der Waals surface area contributed by atoms with Crippen molar-refractivity contribution in [3.05, 3.63) is 23.4 Å². The first-order valence-corrected chi connectivity index (χ1v) is 7.55. The summed E-state index contributed by atoms with van der Waals surface area (Å²) in [5, 5.41) is 2.89. The first-order chi connectivity index (χ1) is 9.66. The average Bonchev–Trinajstić information content (AvgIpc) is 2.44. The number of hydrogen-bond donors (Lipinski definition) is 1. The van der Waals surface area contributed by atoms with Gasteiger partial charge in [0.2, 0.25) is 5.88 Å². The maximum absolute atomic E-state index is 11.1. The van der Waals surface area contributed by atoms with Crippen molar-refractivity contribution < 1.29 is 9.53 Å². The van der Waals surface area contributed by atoms with E-state index in [1.54, 1.807) is 19.1 Å². The fourth-order valence-corrected chi connectivity index (χ4v) is 2.75.